The molecule has 1 aromatic rings. The van der Waals surface area contributed by atoms with E-state index in [4.69, 9.17) is 4.74 Å². The molecule has 3 atom stereocenters. The Labute approximate surface area is 163 Å². The number of methoxy groups -OCH3 is 1. The zero-order chi connectivity index (χ0) is 18.1. The number of thioether (sulfide) groups is 2. The Balaban J connectivity index is 1.42. The Hall–Kier alpha value is -1.14. The molecule has 3 fully saturated rings. The molecular weight excluding hydrogens is 366 g/mol. The molecule has 140 valence electrons. The van der Waals surface area contributed by atoms with Crippen molar-refractivity contribution in [1.82, 2.24) is 0 Å². The first-order chi connectivity index (χ1) is 12.6. The smallest absolute Gasteiger partial charge is 0.337 e. The lowest BCUT2D eigenvalue weighted by atomic mass is 9.67. The topological polar surface area (TPSA) is 55.4 Å². The molecule has 6 heteroatoms. The van der Waals surface area contributed by atoms with E-state index >= 15 is 0 Å². The van der Waals surface area contributed by atoms with Crippen molar-refractivity contribution in [1.29, 1.82) is 0 Å². The highest BCUT2D eigenvalue weighted by Crippen LogP contribution is 2.64. The highest BCUT2D eigenvalue weighted by molar-refractivity contribution is 8.21. The van der Waals surface area contributed by atoms with E-state index in [9.17, 15) is 9.59 Å². The Bertz CT molecular complexity index is 669. The van der Waals surface area contributed by atoms with Gasteiger partial charge >= 0.3 is 5.97 Å². The predicted molar refractivity (Wildman–Crippen MR) is 108 cm³/mol. The molecule has 1 unspecified atom stereocenters. The van der Waals surface area contributed by atoms with E-state index in [1.54, 1.807) is 24.3 Å². The summed E-state index contributed by atoms with van der Waals surface area (Å²) >= 11 is 4.34. The summed E-state index contributed by atoms with van der Waals surface area (Å²) in [4.78, 5) is 24.4. The van der Waals surface area contributed by atoms with Crippen molar-refractivity contribution < 1.29 is 14.3 Å². The van der Waals surface area contributed by atoms with Gasteiger partial charge in [0.1, 0.15) is 0 Å². The molecule has 2 bridgehead atoms. The second-order valence-electron chi connectivity index (χ2n) is 7.47. The largest absolute Gasteiger partial charge is 0.465 e. The number of carbonyl (C=O) groups excluding carboxylic acids is 2. The van der Waals surface area contributed by atoms with Gasteiger partial charge in [0, 0.05) is 23.1 Å². The second-order valence-corrected chi connectivity index (χ2v) is 10.5. The Morgan fingerprint density at radius 2 is 1.69 bits per heavy atom. The van der Waals surface area contributed by atoms with Crippen molar-refractivity contribution in [3.05, 3.63) is 29.8 Å². The van der Waals surface area contributed by atoms with Crippen molar-refractivity contribution in [3.63, 3.8) is 0 Å². The van der Waals surface area contributed by atoms with Crippen LogP contribution in [0.5, 0.6) is 0 Å². The number of carbonyl (C=O) groups is 2. The van der Waals surface area contributed by atoms with Gasteiger partial charge < -0.3 is 10.1 Å². The number of amides is 1. The van der Waals surface area contributed by atoms with Gasteiger partial charge in [-0.2, -0.15) is 0 Å². The minimum absolute atomic E-state index is 0.109. The van der Waals surface area contributed by atoms with Crippen LogP contribution in [0.4, 0.5) is 5.69 Å². The van der Waals surface area contributed by atoms with Gasteiger partial charge in [0.2, 0.25) is 5.91 Å². The normalized spacial score (nSPS) is 29.3. The second kappa shape index (κ2) is 7.47. The van der Waals surface area contributed by atoms with Crippen LogP contribution in [0.3, 0.4) is 0 Å². The number of esters is 1. The average Bonchev–Trinajstić information content (AvgIpc) is 3.11. The van der Waals surface area contributed by atoms with Gasteiger partial charge in [-0.15, -0.1) is 23.5 Å². The number of hydrogen-bond acceptors (Lipinski definition) is 5. The van der Waals surface area contributed by atoms with E-state index in [0.717, 1.165) is 18.5 Å². The number of anilines is 1. The lowest BCUT2D eigenvalue weighted by Crippen LogP contribution is -2.48. The van der Waals surface area contributed by atoms with Crippen molar-refractivity contribution in [2.24, 2.45) is 17.8 Å². The average molecular weight is 392 g/mol. The van der Waals surface area contributed by atoms with Gasteiger partial charge in [-0.1, -0.05) is 6.42 Å². The Kier molecular flexibility index (Phi) is 5.24. The molecule has 1 amide bonds. The van der Waals surface area contributed by atoms with Gasteiger partial charge in [-0.25, -0.2) is 4.79 Å². The van der Waals surface area contributed by atoms with Gasteiger partial charge in [-0.3, -0.25) is 4.79 Å². The first-order valence-corrected chi connectivity index (χ1v) is 11.4. The lowest BCUT2D eigenvalue weighted by molar-refractivity contribution is -0.122. The van der Waals surface area contributed by atoms with E-state index in [1.807, 2.05) is 0 Å². The minimum Gasteiger partial charge on any atom is -0.465 e. The van der Waals surface area contributed by atoms with E-state index < -0.39 is 0 Å². The fraction of sp³-hybridized carbons (Fsp3) is 0.600. The van der Waals surface area contributed by atoms with Crippen molar-refractivity contribution in [2.75, 3.05) is 23.9 Å². The van der Waals surface area contributed by atoms with E-state index in [0.29, 0.717) is 21.5 Å². The molecule has 1 N–H and O–H groups in total. The van der Waals surface area contributed by atoms with Crippen LogP contribution in [0.25, 0.3) is 0 Å². The summed E-state index contributed by atoms with van der Waals surface area (Å²) in [6.07, 6.45) is 5.90. The van der Waals surface area contributed by atoms with Crippen LogP contribution in [-0.2, 0) is 9.53 Å². The molecule has 2 saturated carbocycles. The van der Waals surface area contributed by atoms with Crippen molar-refractivity contribution >= 4 is 41.1 Å². The summed E-state index contributed by atoms with van der Waals surface area (Å²) in [5.41, 5.74) is 1.24. The molecule has 4 rings (SSSR count). The minimum atomic E-state index is -0.361. The number of rotatable bonds is 3. The molecule has 3 aliphatic rings. The van der Waals surface area contributed by atoms with Gasteiger partial charge in [0.05, 0.1) is 16.8 Å². The summed E-state index contributed by atoms with van der Waals surface area (Å²) in [5, 5.41) is 3.06. The van der Waals surface area contributed by atoms with E-state index in [2.05, 4.69) is 28.8 Å². The fourth-order valence-corrected chi connectivity index (χ4v) is 8.81. The molecule has 26 heavy (non-hydrogen) atoms. The molecule has 1 aromatic carbocycles. The van der Waals surface area contributed by atoms with Crippen LogP contribution < -0.4 is 5.32 Å². The zero-order valence-electron chi connectivity index (χ0n) is 15.0. The van der Waals surface area contributed by atoms with Crippen LogP contribution in [-0.4, -0.2) is 34.6 Å². The maximum atomic E-state index is 12.9. The molecule has 0 radical (unpaired) electrons. The summed E-state index contributed by atoms with van der Waals surface area (Å²) in [6, 6.07) is 6.94. The summed E-state index contributed by atoms with van der Waals surface area (Å²) in [7, 11) is 1.37. The lowest BCUT2D eigenvalue weighted by Gasteiger charge is -2.52. The third kappa shape index (κ3) is 3.26. The number of benzene rings is 1. The van der Waals surface area contributed by atoms with Gasteiger partial charge in [-0.05, 0) is 61.8 Å². The molecule has 1 aliphatic heterocycles. The first kappa shape index (κ1) is 18.2. The standard InChI is InChI=1S/C20H25NO3S2/c1-24-19(23)13-5-7-17(8-6-13)21-18(22)14-11-15-3-2-4-16(12-14)20(15)25-9-10-26-20/h5-8,14-16H,2-4,9-12H2,1H3,(H,21,22)/t14?,15-,16+. The van der Waals surface area contributed by atoms with Gasteiger partial charge in [0.15, 0.2) is 0 Å². The van der Waals surface area contributed by atoms with Crippen LogP contribution in [0.1, 0.15) is 42.5 Å². The third-order valence-corrected chi connectivity index (χ3v) is 10.1. The summed E-state index contributed by atoms with van der Waals surface area (Å²) in [6.45, 7) is 0. The van der Waals surface area contributed by atoms with Gasteiger partial charge in [0.25, 0.3) is 0 Å². The van der Waals surface area contributed by atoms with E-state index in [-0.39, 0.29) is 17.8 Å². The molecule has 1 spiro atoms. The third-order valence-electron chi connectivity index (χ3n) is 6.06. The monoisotopic (exact) mass is 391 g/mol. The number of hydrogen-bond donors (Lipinski definition) is 1. The highest BCUT2D eigenvalue weighted by atomic mass is 32.2. The Morgan fingerprint density at radius 3 is 2.27 bits per heavy atom. The molecule has 2 aliphatic carbocycles. The Morgan fingerprint density at radius 1 is 1.08 bits per heavy atom. The summed E-state index contributed by atoms with van der Waals surface area (Å²) in [5.74, 6) is 3.76. The molecule has 1 heterocycles. The fourth-order valence-electron chi connectivity index (χ4n) is 4.88. The maximum absolute atomic E-state index is 12.9. The number of nitrogens with one attached hydrogen (secondary N) is 1. The van der Waals surface area contributed by atoms with Crippen LogP contribution in [0, 0.1) is 17.8 Å². The number of ether oxygens (including phenoxy) is 1. The quantitative estimate of drug-likeness (QED) is 0.773. The highest BCUT2D eigenvalue weighted by Gasteiger charge is 2.55. The zero-order valence-corrected chi connectivity index (χ0v) is 16.7. The molecule has 1 saturated heterocycles. The van der Waals surface area contributed by atoms with Crippen molar-refractivity contribution in [2.45, 2.75) is 36.2 Å². The first-order valence-electron chi connectivity index (χ1n) is 9.39. The predicted octanol–water partition coefficient (Wildman–Crippen LogP) is 4.41. The molecule has 4 nitrogen and oxygen atoms in total. The van der Waals surface area contributed by atoms with E-state index in [1.165, 1.54) is 37.9 Å². The van der Waals surface area contributed by atoms with Crippen molar-refractivity contribution in [3.8, 4) is 0 Å². The molecule has 0 aromatic heterocycles. The SMILES string of the molecule is COC(=O)c1ccc(NC(=O)C2C[C@H]3CCC[C@@H](C2)C32SCCS2)cc1. The summed E-state index contributed by atoms with van der Waals surface area (Å²) < 4.78 is 5.11. The van der Waals surface area contributed by atoms with Crippen LogP contribution in [0.15, 0.2) is 24.3 Å². The van der Waals surface area contributed by atoms with Crippen LogP contribution in [0.2, 0.25) is 0 Å². The maximum Gasteiger partial charge on any atom is 0.337 e. The van der Waals surface area contributed by atoms with Crippen LogP contribution >= 0.6 is 23.5 Å². The molecular formula is C20H25NO3S2.